The maximum absolute atomic E-state index is 12.6. The Bertz CT molecular complexity index is 605. The molecule has 0 bridgehead atoms. The van der Waals surface area contributed by atoms with E-state index in [9.17, 15) is 13.2 Å². The first kappa shape index (κ1) is 15.1. The SMILES string of the molecule is CS(=O)(=O)C1CSCCN1C(=O)c1cccnc1NN. The third-order valence-electron chi connectivity index (χ3n) is 3.01. The van der Waals surface area contributed by atoms with Crippen LogP contribution in [0.25, 0.3) is 0 Å². The maximum atomic E-state index is 12.6. The van der Waals surface area contributed by atoms with Gasteiger partial charge in [-0.2, -0.15) is 11.8 Å². The lowest BCUT2D eigenvalue weighted by Crippen LogP contribution is -2.50. The zero-order valence-corrected chi connectivity index (χ0v) is 12.6. The van der Waals surface area contributed by atoms with Gasteiger partial charge in [-0.1, -0.05) is 0 Å². The number of carbonyl (C=O) groups is 1. The van der Waals surface area contributed by atoms with Gasteiger partial charge in [0.1, 0.15) is 5.37 Å². The second-order valence-electron chi connectivity index (χ2n) is 4.40. The van der Waals surface area contributed by atoms with Crippen molar-refractivity contribution in [2.24, 2.45) is 5.84 Å². The number of hydrogen-bond donors (Lipinski definition) is 2. The van der Waals surface area contributed by atoms with Gasteiger partial charge in [-0.05, 0) is 12.1 Å². The van der Waals surface area contributed by atoms with Gasteiger partial charge >= 0.3 is 0 Å². The van der Waals surface area contributed by atoms with Crippen LogP contribution in [0, 0.1) is 0 Å². The minimum atomic E-state index is -3.34. The number of anilines is 1. The first-order valence-corrected chi connectivity index (χ1v) is 9.05. The van der Waals surface area contributed by atoms with E-state index in [1.165, 1.54) is 22.9 Å². The summed E-state index contributed by atoms with van der Waals surface area (Å²) in [4.78, 5) is 17.9. The molecule has 9 heteroatoms. The Morgan fingerprint density at radius 3 is 3.00 bits per heavy atom. The van der Waals surface area contributed by atoms with Crippen LogP contribution in [-0.4, -0.2) is 53.9 Å². The number of rotatable bonds is 3. The molecule has 0 spiro atoms. The van der Waals surface area contributed by atoms with Gasteiger partial charge in [0.25, 0.3) is 5.91 Å². The van der Waals surface area contributed by atoms with Crippen LogP contribution in [0.4, 0.5) is 5.82 Å². The molecule has 1 fully saturated rings. The van der Waals surface area contributed by atoms with Crippen LogP contribution in [0.3, 0.4) is 0 Å². The number of carbonyl (C=O) groups excluding carboxylic acids is 1. The van der Waals surface area contributed by atoms with Crippen molar-refractivity contribution in [2.75, 3.05) is 29.7 Å². The number of amides is 1. The number of nitrogens with two attached hydrogens (primary N) is 1. The number of hydrazine groups is 1. The van der Waals surface area contributed by atoms with Crippen LogP contribution in [0.5, 0.6) is 0 Å². The molecular formula is C11H16N4O3S2. The van der Waals surface area contributed by atoms with Gasteiger partial charge in [0, 0.05) is 30.5 Å². The summed E-state index contributed by atoms with van der Waals surface area (Å²) >= 11 is 1.53. The fourth-order valence-corrected chi connectivity index (χ4v) is 4.83. The summed E-state index contributed by atoms with van der Waals surface area (Å²) in [6.45, 7) is 0.389. The Labute approximate surface area is 121 Å². The van der Waals surface area contributed by atoms with E-state index < -0.39 is 15.2 Å². The molecule has 1 aromatic heterocycles. The molecule has 7 nitrogen and oxygen atoms in total. The van der Waals surface area contributed by atoms with E-state index in [1.54, 1.807) is 12.1 Å². The monoisotopic (exact) mass is 316 g/mol. The van der Waals surface area contributed by atoms with Crippen LogP contribution in [0.1, 0.15) is 10.4 Å². The van der Waals surface area contributed by atoms with Crippen molar-refractivity contribution in [1.82, 2.24) is 9.88 Å². The van der Waals surface area contributed by atoms with Crippen molar-refractivity contribution >= 4 is 33.3 Å². The van der Waals surface area contributed by atoms with Gasteiger partial charge in [0.05, 0.1) is 5.56 Å². The third-order valence-corrected chi connectivity index (χ3v) is 5.66. The molecule has 2 rings (SSSR count). The Kier molecular flexibility index (Phi) is 4.51. The van der Waals surface area contributed by atoms with Gasteiger partial charge in [-0.15, -0.1) is 0 Å². The molecule has 1 aliphatic rings. The lowest BCUT2D eigenvalue weighted by atomic mass is 10.2. The molecule has 3 N–H and O–H groups in total. The van der Waals surface area contributed by atoms with E-state index in [2.05, 4.69) is 10.4 Å². The lowest BCUT2D eigenvalue weighted by molar-refractivity contribution is 0.0750. The largest absolute Gasteiger partial charge is 0.320 e. The third kappa shape index (κ3) is 3.05. The Morgan fingerprint density at radius 1 is 1.60 bits per heavy atom. The minimum Gasteiger partial charge on any atom is -0.320 e. The van der Waals surface area contributed by atoms with Crippen LogP contribution in [0.15, 0.2) is 18.3 Å². The molecule has 1 aliphatic heterocycles. The van der Waals surface area contributed by atoms with E-state index in [-0.39, 0.29) is 17.3 Å². The zero-order chi connectivity index (χ0) is 14.8. The Hall–Kier alpha value is -1.32. The van der Waals surface area contributed by atoms with E-state index in [0.29, 0.717) is 18.1 Å². The molecule has 1 aromatic rings. The molecule has 1 saturated heterocycles. The smallest absolute Gasteiger partial charge is 0.258 e. The normalized spacial score (nSPS) is 19.7. The molecule has 0 aliphatic carbocycles. The molecule has 0 radical (unpaired) electrons. The molecule has 0 saturated carbocycles. The van der Waals surface area contributed by atoms with Gasteiger partial charge in [0.2, 0.25) is 0 Å². The Morgan fingerprint density at radius 2 is 2.35 bits per heavy atom. The number of nitrogens with one attached hydrogen (secondary N) is 1. The predicted molar refractivity (Wildman–Crippen MR) is 79.0 cm³/mol. The summed E-state index contributed by atoms with van der Waals surface area (Å²) in [5.41, 5.74) is 2.63. The highest BCUT2D eigenvalue weighted by molar-refractivity contribution is 8.00. The quantitative estimate of drug-likeness (QED) is 0.594. The van der Waals surface area contributed by atoms with Crippen molar-refractivity contribution in [2.45, 2.75) is 5.37 Å². The average molecular weight is 316 g/mol. The summed E-state index contributed by atoms with van der Waals surface area (Å²) in [5, 5.41) is -0.806. The number of nitrogen functional groups attached to an aromatic ring is 1. The van der Waals surface area contributed by atoms with Crippen LogP contribution < -0.4 is 11.3 Å². The first-order valence-electron chi connectivity index (χ1n) is 5.94. The molecule has 1 atom stereocenters. The van der Waals surface area contributed by atoms with Gasteiger partial charge in [-0.3, -0.25) is 4.79 Å². The fourth-order valence-electron chi connectivity index (χ4n) is 2.02. The van der Waals surface area contributed by atoms with E-state index in [4.69, 9.17) is 5.84 Å². The summed E-state index contributed by atoms with van der Waals surface area (Å²) in [7, 11) is -3.34. The highest BCUT2D eigenvalue weighted by atomic mass is 32.2. The number of aromatic nitrogens is 1. The van der Waals surface area contributed by atoms with E-state index in [0.717, 1.165) is 6.26 Å². The van der Waals surface area contributed by atoms with Gasteiger partial charge in [-0.25, -0.2) is 19.2 Å². The van der Waals surface area contributed by atoms with E-state index >= 15 is 0 Å². The highest BCUT2D eigenvalue weighted by Crippen LogP contribution is 2.24. The van der Waals surface area contributed by atoms with Crippen LogP contribution >= 0.6 is 11.8 Å². The topological polar surface area (TPSA) is 105 Å². The Balaban J connectivity index is 2.35. The van der Waals surface area contributed by atoms with Crippen molar-refractivity contribution < 1.29 is 13.2 Å². The number of pyridine rings is 1. The molecule has 110 valence electrons. The maximum Gasteiger partial charge on any atom is 0.258 e. The highest BCUT2D eigenvalue weighted by Gasteiger charge is 2.35. The first-order chi connectivity index (χ1) is 9.45. The predicted octanol–water partition coefficient (Wildman–Crippen LogP) is -0.0731. The zero-order valence-electron chi connectivity index (χ0n) is 10.9. The van der Waals surface area contributed by atoms with Crippen LogP contribution in [0.2, 0.25) is 0 Å². The molecule has 2 heterocycles. The molecule has 1 amide bonds. The standard InChI is InChI=1S/C11H16N4O3S2/c1-20(17,18)9-7-19-6-5-15(9)11(16)8-3-2-4-13-10(8)14-12/h2-4,9H,5-7,12H2,1H3,(H,13,14). The summed E-state index contributed by atoms with van der Waals surface area (Å²) in [6, 6.07) is 3.19. The molecule has 20 heavy (non-hydrogen) atoms. The van der Waals surface area contributed by atoms with E-state index in [1.807, 2.05) is 0 Å². The summed E-state index contributed by atoms with van der Waals surface area (Å²) < 4.78 is 23.6. The summed E-state index contributed by atoms with van der Waals surface area (Å²) in [5.74, 6) is 6.30. The number of hydrogen-bond acceptors (Lipinski definition) is 7. The second-order valence-corrected chi connectivity index (χ2v) is 7.75. The van der Waals surface area contributed by atoms with Crippen molar-refractivity contribution in [3.63, 3.8) is 0 Å². The second kappa shape index (κ2) is 5.98. The average Bonchev–Trinajstić information content (AvgIpc) is 2.45. The van der Waals surface area contributed by atoms with Crippen molar-refractivity contribution in [1.29, 1.82) is 0 Å². The number of thioether (sulfide) groups is 1. The lowest BCUT2D eigenvalue weighted by Gasteiger charge is -2.34. The van der Waals surface area contributed by atoms with Gasteiger partial charge in [0.15, 0.2) is 15.7 Å². The van der Waals surface area contributed by atoms with Gasteiger partial charge < -0.3 is 10.3 Å². The molecule has 0 aromatic carbocycles. The fraction of sp³-hybridized carbons (Fsp3) is 0.455. The van der Waals surface area contributed by atoms with Crippen molar-refractivity contribution in [3.8, 4) is 0 Å². The summed E-state index contributed by atoms with van der Waals surface area (Å²) in [6.07, 6.45) is 2.65. The van der Waals surface area contributed by atoms with Crippen LogP contribution in [-0.2, 0) is 9.84 Å². The molecular weight excluding hydrogens is 300 g/mol. The number of sulfone groups is 1. The molecule has 1 unspecified atom stereocenters. The van der Waals surface area contributed by atoms with Crippen molar-refractivity contribution in [3.05, 3.63) is 23.9 Å². The minimum absolute atomic E-state index is 0.239. The number of nitrogens with zero attached hydrogens (tertiary/aromatic N) is 2.